The van der Waals surface area contributed by atoms with E-state index < -0.39 is 17.8 Å². The van der Waals surface area contributed by atoms with Crippen LogP contribution in [0.1, 0.15) is 23.0 Å². The summed E-state index contributed by atoms with van der Waals surface area (Å²) >= 11 is 0. The van der Waals surface area contributed by atoms with Crippen molar-refractivity contribution in [2.24, 2.45) is 7.05 Å². The minimum absolute atomic E-state index is 0.0462. The molecule has 6 heteroatoms. The van der Waals surface area contributed by atoms with E-state index in [-0.39, 0.29) is 23.4 Å². The third kappa shape index (κ3) is 2.40. The average Bonchev–Trinajstić information content (AvgIpc) is 2.70. The van der Waals surface area contributed by atoms with Crippen molar-refractivity contribution in [3.05, 3.63) is 41.9 Å². The first-order valence-corrected chi connectivity index (χ1v) is 6.26. The second-order valence-electron chi connectivity index (χ2n) is 4.45. The highest BCUT2D eigenvalue weighted by atomic mass is 19.1. The van der Waals surface area contributed by atoms with E-state index in [2.05, 4.69) is 6.58 Å². The Morgan fingerprint density at radius 1 is 1.43 bits per heavy atom. The number of aromatic nitrogens is 1. The van der Waals surface area contributed by atoms with Crippen LogP contribution in [0.3, 0.4) is 0 Å². The van der Waals surface area contributed by atoms with E-state index in [1.165, 1.54) is 22.8 Å². The van der Waals surface area contributed by atoms with Gasteiger partial charge in [0.25, 0.3) is 0 Å². The van der Waals surface area contributed by atoms with Crippen molar-refractivity contribution in [1.29, 1.82) is 0 Å². The Hall–Kier alpha value is -2.63. The van der Waals surface area contributed by atoms with Crippen molar-refractivity contribution >= 4 is 28.4 Å². The molecule has 2 rings (SSSR count). The fraction of sp³-hybridized carbons (Fsp3) is 0.200. The summed E-state index contributed by atoms with van der Waals surface area (Å²) in [6.07, 6.45) is 0. The van der Waals surface area contributed by atoms with Gasteiger partial charge < -0.3 is 14.4 Å². The molecule has 1 aromatic heterocycles. The molecule has 0 aliphatic rings. The van der Waals surface area contributed by atoms with Gasteiger partial charge in [0.1, 0.15) is 11.5 Å². The van der Waals surface area contributed by atoms with Gasteiger partial charge in [0.2, 0.25) is 0 Å². The summed E-state index contributed by atoms with van der Waals surface area (Å²) in [7, 11) is 1.59. The maximum Gasteiger partial charge on any atom is 0.355 e. The lowest BCUT2D eigenvalue weighted by Gasteiger charge is -2.07. The zero-order valence-corrected chi connectivity index (χ0v) is 11.6. The number of carboxylic acids is 1. The molecule has 2 aromatic rings. The first-order valence-electron chi connectivity index (χ1n) is 6.26. The van der Waals surface area contributed by atoms with Gasteiger partial charge in [0.05, 0.1) is 12.2 Å². The van der Waals surface area contributed by atoms with Gasteiger partial charge in [-0.25, -0.2) is 14.0 Å². The number of hydrogen-bond acceptors (Lipinski definition) is 3. The molecule has 0 aliphatic heterocycles. The van der Waals surface area contributed by atoms with E-state index in [1.54, 1.807) is 14.0 Å². The van der Waals surface area contributed by atoms with E-state index in [9.17, 15) is 14.0 Å². The summed E-state index contributed by atoms with van der Waals surface area (Å²) in [4.78, 5) is 23.3. The molecule has 0 unspecified atom stereocenters. The SMILES string of the molecule is C=C(C(=O)O)c1c(C(=O)OCC)n(C)c2ccc(F)cc12. The van der Waals surface area contributed by atoms with Crippen LogP contribution in [0.5, 0.6) is 0 Å². The molecule has 1 heterocycles. The molecule has 1 N–H and O–H groups in total. The molecular weight excluding hydrogens is 277 g/mol. The number of rotatable bonds is 4. The lowest BCUT2D eigenvalue weighted by molar-refractivity contribution is -0.130. The summed E-state index contributed by atoms with van der Waals surface area (Å²) in [5.41, 5.74) is 0.369. The van der Waals surface area contributed by atoms with Crippen molar-refractivity contribution in [3.63, 3.8) is 0 Å². The number of ether oxygens (including phenoxy) is 1. The first kappa shape index (κ1) is 14.8. The van der Waals surface area contributed by atoms with Crippen molar-refractivity contribution < 1.29 is 23.8 Å². The third-order valence-electron chi connectivity index (χ3n) is 3.19. The standard InChI is InChI=1S/C15H14FNO4/c1-4-21-15(20)13-12(8(2)14(18)19)10-7-9(16)5-6-11(10)17(13)3/h5-7H,2,4H2,1,3H3,(H,18,19). The van der Waals surface area contributed by atoms with Crippen LogP contribution in [0, 0.1) is 5.82 Å². The number of aliphatic carboxylic acids is 1. The average molecular weight is 291 g/mol. The topological polar surface area (TPSA) is 68.5 Å². The molecule has 0 saturated carbocycles. The van der Waals surface area contributed by atoms with Gasteiger partial charge in [0, 0.05) is 23.5 Å². The monoisotopic (exact) mass is 291 g/mol. The van der Waals surface area contributed by atoms with Gasteiger partial charge in [-0.1, -0.05) is 6.58 Å². The van der Waals surface area contributed by atoms with Crippen LogP contribution in [0.15, 0.2) is 24.8 Å². The zero-order chi connectivity index (χ0) is 15.7. The molecule has 1 aromatic carbocycles. The van der Waals surface area contributed by atoms with E-state index in [1.807, 2.05) is 0 Å². The molecule has 110 valence electrons. The molecule has 0 amide bonds. The van der Waals surface area contributed by atoms with Gasteiger partial charge in [0.15, 0.2) is 0 Å². The highest BCUT2D eigenvalue weighted by Crippen LogP contribution is 2.31. The number of hydrogen-bond donors (Lipinski definition) is 1. The summed E-state index contributed by atoms with van der Waals surface area (Å²) < 4.78 is 19.9. The highest BCUT2D eigenvalue weighted by molar-refractivity contribution is 6.22. The van der Waals surface area contributed by atoms with Crippen LogP contribution in [0.25, 0.3) is 16.5 Å². The van der Waals surface area contributed by atoms with Gasteiger partial charge in [-0.15, -0.1) is 0 Å². The molecule has 5 nitrogen and oxygen atoms in total. The number of benzene rings is 1. The summed E-state index contributed by atoms with van der Waals surface area (Å²) in [5, 5.41) is 9.47. The molecular formula is C15H14FNO4. The van der Waals surface area contributed by atoms with E-state index in [0.29, 0.717) is 10.9 Å². The highest BCUT2D eigenvalue weighted by Gasteiger charge is 2.26. The summed E-state index contributed by atoms with van der Waals surface area (Å²) in [6.45, 7) is 5.27. The van der Waals surface area contributed by atoms with Crippen LogP contribution in [0.2, 0.25) is 0 Å². The number of fused-ring (bicyclic) bond motifs is 1. The van der Waals surface area contributed by atoms with Crippen LogP contribution in [-0.4, -0.2) is 28.2 Å². The lowest BCUT2D eigenvalue weighted by Crippen LogP contribution is -2.13. The second kappa shape index (κ2) is 5.40. The molecule has 0 atom stereocenters. The molecule has 0 saturated heterocycles. The predicted octanol–water partition coefficient (Wildman–Crippen LogP) is 2.59. The Bertz CT molecular complexity index is 761. The number of carboxylic acid groups (broad SMARTS) is 1. The molecule has 21 heavy (non-hydrogen) atoms. The molecule has 0 bridgehead atoms. The zero-order valence-electron chi connectivity index (χ0n) is 11.6. The van der Waals surface area contributed by atoms with Crippen molar-refractivity contribution in [2.75, 3.05) is 6.61 Å². The van der Waals surface area contributed by atoms with E-state index in [4.69, 9.17) is 9.84 Å². The minimum Gasteiger partial charge on any atom is -0.478 e. The quantitative estimate of drug-likeness (QED) is 0.694. The maximum absolute atomic E-state index is 13.5. The number of carbonyl (C=O) groups excluding carboxylic acids is 1. The van der Waals surface area contributed by atoms with Gasteiger partial charge >= 0.3 is 11.9 Å². The van der Waals surface area contributed by atoms with Gasteiger partial charge in [-0.3, -0.25) is 0 Å². The Morgan fingerprint density at radius 2 is 2.10 bits per heavy atom. The Balaban J connectivity index is 2.85. The van der Waals surface area contributed by atoms with Crippen molar-refractivity contribution in [2.45, 2.75) is 6.92 Å². The Labute approximate surface area is 120 Å². The molecule has 0 fully saturated rings. The predicted molar refractivity (Wildman–Crippen MR) is 75.5 cm³/mol. The Morgan fingerprint density at radius 3 is 2.67 bits per heavy atom. The van der Waals surface area contributed by atoms with Crippen molar-refractivity contribution in [1.82, 2.24) is 4.57 Å². The van der Waals surface area contributed by atoms with E-state index >= 15 is 0 Å². The lowest BCUT2D eigenvalue weighted by atomic mass is 10.0. The molecule has 0 aliphatic carbocycles. The number of nitrogens with zero attached hydrogens (tertiary/aromatic N) is 1. The van der Waals surface area contributed by atoms with Gasteiger partial charge in [-0.2, -0.15) is 0 Å². The molecule has 0 spiro atoms. The fourth-order valence-corrected chi connectivity index (χ4v) is 2.27. The van der Waals surface area contributed by atoms with Crippen LogP contribution >= 0.6 is 0 Å². The number of halogens is 1. The van der Waals surface area contributed by atoms with Crippen molar-refractivity contribution in [3.8, 4) is 0 Å². The third-order valence-corrected chi connectivity index (χ3v) is 3.19. The number of esters is 1. The minimum atomic E-state index is -1.28. The smallest absolute Gasteiger partial charge is 0.355 e. The maximum atomic E-state index is 13.5. The number of carbonyl (C=O) groups is 2. The second-order valence-corrected chi connectivity index (χ2v) is 4.45. The normalized spacial score (nSPS) is 10.6. The largest absolute Gasteiger partial charge is 0.478 e. The van der Waals surface area contributed by atoms with Crippen LogP contribution in [-0.2, 0) is 16.6 Å². The van der Waals surface area contributed by atoms with Crippen LogP contribution < -0.4 is 0 Å². The summed E-state index contributed by atoms with van der Waals surface area (Å²) in [5.74, 6) is -2.48. The Kier molecular flexibility index (Phi) is 3.80. The van der Waals surface area contributed by atoms with Crippen LogP contribution in [0.4, 0.5) is 4.39 Å². The number of aryl methyl sites for hydroxylation is 1. The fourth-order valence-electron chi connectivity index (χ4n) is 2.27. The summed E-state index contributed by atoms with van der Waals surface area (Å²) in [6, 6.07) is 3.90. The molecule has 0 radical (unpaired) electrons. The van der Waals surface area contributed by atoms with E-state index in [0.717, 1.165) is 0 Å². The van der Waals surface area contributed by atoms with Gasteiger partial charge in [-0.05, 0) is 25.1 Å². The first-order chi connectivity index (χ1) is 9.88.